The number of hydrogen-bond acceptors (Lipinski definition) is 2. The molecule has 0 radical (unpaired) electrons. The molecular weight excluding hydrogens is 277 g/mol. The topological polar surface area (TPSA) is 43.8 Å². The average molecular weight is 297 g/mol. The van der Waals surface area contributed by atoms with Gasteiger partial charge in [-0.1, -0.05) is 24.3 Å². The van der Waals surface area contributed by atoms with Crippen molar-refractivity contribution in [1.29, 1.82) is 0 Å². The number of halogens is 1. The minimum Gasteiger partial charge on any atom is -0.330 e. The van der Waals surface area contributed by atoms with Gasteiger partial charge in [0.05, 0.1) is 11.0 Å². The van der Waals surface area contributed by atoms with Gasteiger partial charge in [-0.05, 0) is 49.2 Å². The third kappa shape index (κ3) is 3.17. The van der Waals surface area contributed by atoms with Crippen LogP contribution >= 0.6 is 0 Å². The number of imidazole rings is 1. The molecule has 3 rings (SSSR count). The summed E-state index contributed by atoms with van der Waals surface area (Å²) in [7, 11) is 0. The zero-order chi connectivity index (χ0) is 15.4. The molecule has 2 aromatic carbocycles. The molecule has 4 heteroatoms. The molecule has 0 saturated carbocycles. The number of nitrogens with two attached hydrogens (primary N) is 1. The number of hydrogen-bond donors (Lipinski definition) is 1. The van der Waals surface area contributed by atoms with Gasteiger partial charge in [0.15, 0.2) is 0 Å². The Labute approximate surface area is 129 Å². The summed E-state index contributed by atoms with van der Waals surface area (Å²) >= 11 is 0. The summed E-state index contributed by atoms with van der Waals surface area (Å²) in [4.78, 5) is 4.75. The summed E-state index contributed by atoms with van der Waals surface area (Å²) in [5.74, 6) is 0.810. The lowest BCUT2D eigenvalue weighted by atomic mass is 10.1. The SMILES string of the molecule is NCCCCn1c(Cc2ccc(F)cc2)nc2ccccc21. The van der Waals surface area contributed by atoms with Gasteiger partial charge in [-0.25, -0.2) is 9.37 Å². The maximum atomic E-state index is 13.0. The Morgan fingerprint density at radius 2 is 1.77 bits per heavy atom. The maximum absolute atomic E-state index is 13.0. The highest BCUT2D eigenvalue weighted by molar-refractivity contribution is 5.76. The first-order valence-electron chi connectivity index (χ1n) is 7.66. The van der Waals surface area contributed by atoms with E-state index >= 15 is 0 Å². The first-order chi connectivity index (χ1) is 10.8. The predicted octanol–water partition coefficient (Wildman–Crippen LogP) is 3.51. The van der Waals surface area contributed by atoms with Crippen LogP contribution in [0.15, 0.2) is 48.5 Å². The first-order valence-corrected chi connectivity index (χ1v) is 7.66. The Kier molecular flexibility index (Phi) is 4.49. The summed E-state index contributed by atoms with van der Waals surface area (Å²) in [6.45, 7) is 1.62. The van der Waals surface area contributed by atoms with Crippen LogP contribution in [0, 0.1) is 5.82 Å². The molecule has 0 saturated heterocycles. The second kappa shape index (κ2) is 6.71. The van der Waals surface area contributed by atoms with Crippen molar-refractivity contribution < 1.29 is 4.39 Å². The summed E-state index contributed by atoms with van der Waals surface area (Å²) in [5.41, 5.74) is 8.82. The molecule has 2 N–H and O–H groups in total. The van der Waals surface area contributed by atoms with Crippen molar-refractivity contribution in [2.24, 2.45) is 5.73 Å². The van der Waals surface area contributed by atoms with Gasteiger partial charge in [-0.15, -0.1) is 0 Å². The van der Waals surface area contributed by atoms with Crippen LogP contribution in [-0.2, 0) is 13.0 Å². The van der Waals surface area contributed by atoms with Gasteiger partial charge < -0.3 is 10.3 Å². The minimum atomic E-state index is -0.208. The van der Waals surface area contributed by atoms with Crippen LogP contribution < -0.4 is 5.73 Å². The van der Waals surface area contributed by atoms with E-state index in [1.807, 2.05) is 30.3 Å². The van der Waals surface area contributed by atoms with Crippen LogP contribution in [0.2, 0.25) is 0 Å². The molecule has 0 aliphatic rings. The lowest BCUT2D eigenvalue weighted by Gasteiger charge is -2.09. The van der Waals surface area contributed by atoms with Crippen molar-refractivity contribution in [1.82, 2.24) is 9.55 Å². The number of rotatable bonds is 6. The van der Waals surface area contributed by atoms with E-state index in [1.165, 1.54) is 12.1 Å². The highest BCUT2D eigenvalue weighted by atomic mass is 19.1. The van der Waals surface area contributed by atoms with Gasteiger partial charge in [0.2, 0.25) is 0 Å². The monoisotopic (exact) mass is 297 g/mol. The normalized spacial score (nSPS) is 11.2. The molecule has 0 fully saturated rings. The zero-order valence-corrected chi connectivity index (χ0v) is 12.5. The van der Waals surface area contributed by atoms with Crippen molar-refractivity contribution in [3.63, 3.8) is 0 Å². The zero-order valence-electron chi connectivity index (χ0n) is 12.5. The van der Waals surface area contributed by atoms with Gasteiger partial charge >= 0.3 is 0 Å². The van der Waals surface area contributed by atoms with E-state index in [2.05, 4.69) is 10.6 Å². The van der Waals surface area contributed by atoms with Gasteiger partial charge in [0.25, 0.3) is 0 Å². The van der Waals surface area contributed by atoms with Crippen LogP contribution in [0.25, 0.3) is 11.0 Å². The second-order valence-corrected chi connectivity index (χ2v) is 5.47. The molecule has 0 amide bonds. The molecule has 0 bridgehead atoms. The molecule has 0 unspecified atom stereocenters. The summed E-state index contributed by atoms with van der Waals surface area (Å²) in [6, 6.07) is 14.8. The predicted molar refractivity (Wildman–Crippen MR) is 87.2 cm³/mol. The number of fused-ring (bicyclic) bond motifs is 1. The Balaban J connectivity index is 1.92. The maximum Gasteiger partial charge on any atom is 0.123 e. The summed E-state index contributed by atoms with van der Waals surface area (Å²) in [6.07, 6.45) is 2.74. The minimum absolute atomic E-state index is 0.208. The average Bonchev–Trinajstić information content (AvgIpc) is 2.88. The highest BCUT2D eigenvalue weighted by Crippen LogP contribution is 2.19. The van der Waals surface area contributed by atoms with Crippen molar-refractivity contribution >= 4 is 11.0 Å². The van der Waals surface area contributed by atoms with Gasteiger partial charge in [0.1, 0.15) is 11.6 Å². The van der Waals surface area contributed by atoms with Gasteiger partial charge in [-0.2, -0.15) is 0 Å². The van der Waals surface area contributed by atoms with Gasteiger partial charge in [-0.3, -0.25) is 0 Å². The lowest BCUT2D eigenvalue weighted by molar-refractivity contribution is 0.607. The first kappa shape index (κ1) is 14.7. The van der Waals surface area contributed by atoms with Crippen LogP contribution in [0.5, 0.6) is 0 Å². The van der Waals surface area contributed by atoms with Crippen molar-refractivity contribution in [3.05, 3.63) is 65.7 Å². The molecule has 1 aromatic heterocycles. The molecule has 3 nitrogen and oxygen atoms in total. The Hall–Kier alpha value is -2.20. The molecule has 0 spiro atoms. The van der Waals surface area contributed by atoms with Crippen molar-refractivity contribution in [2.75, 3.05) is 6.54 Å². The van der Waals surface area contributed by atoms with Crippen molar-refractivity contribution in [3.8, 4) is 0 Å². The fourth-order valence-electron chi connectivity index (χ4n) is 2.71. The Morgan fingerprint density at radius 1 is 1.00 bits per heavy atom. The number of nitrogens with zero attached hydrogens (tertiary/aromatic N) is 2. The van der Waals surface area contributed by atoms with E-state index in [9.17, 15) is 4.39 Å². The third-order valence-corrected chi connectivity index (χ3v) is 3.84. The number of unbranched alkanes of at least 4 members (excludes halogenated alkanes) is 1. The Bertz CT molecular complexity index is 747. The molecule has 22 heavy (non-hydrogen) atoms. The fraction of sp³-hybridized carbons (Fsp3) is 0.278. The molecule has 114 valence electrons. The second-order valence-electron chi connectivity index (χ2n) is 5.47. The molecular formula is C18H20FN3. The quantitative estimate of drug-likeness (QED) is 0.708. The molecule has 3 aromatic rings. The molecule has 0 aliphatic carbocycles. The Morgan fingerprint density at radius 3 is 2.55 bits per heavy atom. The smallest absolute Gasteiger partial charge is 0.123 e. The molecule has 0 aliphatic heterocycles. The van der Waals surface area contributed by atoms with E-state index in [-0.39, 0.29) is 5.82 Å². The number of benzene rings is 2. The van der Waals surface area contributed by atoms with Gasteiger partial charge in [0, 0.05) is 13.0 Å². The van der Waals surface area contributed by atoms with E-state index in [4.69, 9.17) is 10.7 Å². The van der Waals surface area contributed by atoms with Crippen LogP contribution in [0.4, 0.5) is 4.39 Å². The van der Waals surface area contributed by atoms with E-state index < -0.39 is 0 Å². The summed E-state index contributed by atoms with van der Waals surface area (Å²) < 4.78 is 15.3. The molecule has 1 heterocycles. The standard InChI is InChI=1S/C18H20FN3/c19-15-9-7-14(8-10-15)13-18-21-16-5-1-2-6-17(16)22(18)12-4-3-11-20/h1-2,5-10H,3-4,11-13,20H2. The highest BCUT2D eigenvalue weighted by Gasteiger charge is 2.10. The summed E-state index contributed by atoms with van der Waals surface area (Å²) in [5, 5.41) is 0. The van der Waals surface area contributed by atoms with E-state index in [0.717, 1.165) is 41.8 Å². The van der Waals surface area contributed by atoms with Crippen LogP contribution in [0.3, 0.4) is 0 Å². The van der Waals surface area contributed by atoms with Crippen molar-refractivity contribution in [2.45, 2.75) is 25.8 Å². The van der Waals surface area contributed by atoms with E-state index in [1.54, 1.807) is 0 Å². The van der Waals surface area contributed by atoms with Crippen LogP contribution in [0.1, 0.15) is 24.2 Å². The number of aryl methyl sites for hydroxylation is 1. The lowest BCUT2D eigenvalue weighted by Crippen LogP contribution is -2.07. The van der Waals surface area contributed by atoms with E-state index in [0.29, 0.717) is 13.0 Å². The fourth-order valence-corrected chi connectivity index (χ4v) is 2.71. The number of para-hydroxylation sites is 2. The largest absolute Gasteiger partial charge is 0.330 e. The molecule has 0 atom stereocenters. The number of aromatic nitrogens is 2. The van der Waals surface area contributed by atoms with Crippen LogP contribution in [-0.4, -0.2) is 16.1 Å². The third-order valence-electron chi connectivity index (χ3n) is 3.84.